The lowest BCUT2D eigenvalue weighted by Crippen LogP contribution is -2.25. The number of carbonyl (C=O) groups is 2. The topological polar surface area (TPSA) is 78.4 Å². The summed E-state index contributed by atoms with van der Waals surface area (Å²) in [4.78, 5) is 23.3. The molecule has 0 amide bonds. The molecule has 0 saturated carbocycles. The van der Waals surface area contributed by atoms with Gasteiger partial charge >= 0.3 is 11.9 Å². The Labute approximate surface area is 176 Å². The number of methoxy groups -OCH3 is 2. The molecular weight excluding hydrogens is 396 g/mol. The molecule has 6 nitrogen and oxygen atoms in total. The Balaban J connectivity index is 2.30. The molecule has 0 spiro atoms. The summed E-state index contributed by atoms with van der Waals surface area (Å²) in [5.74, 6) is 1.41. The first-order valence-electron chi connectivity index (χ1n) is 9.38. The standard InChI is InChI=1S/C20H32N2O4S2/c1-19(2,17(23)25-5)11-7-13-27-15-9-10-16(22-21-15)28-14-8-12-20(3,4)18(24)26-6/h9-10H,7-8,11-14H2,1-6H3. The maximum atomic E-state index is 11.7. The number of esters is 2. The number of hydrogen-bond acceptors (Lipinski definition) is 8. The fourth-order valence-electron chi connectivity index (χ4n) is 2.60. The van der Waals surface area contributed by atoms with E-state index in [1.165, 1.54) is 14.2 Å². The van der Waals surface area contributed by atoms with Gasteiger partial charge in [0.15, 0.2) is 0 Å². The molecule has 0 atom stereocenters. The van der Waals surface area contributed by atoms with Gasteiger partial charge in [-0.3, -0.25) is 9.59 Å². The van der Waals surface area contributed by atoms with Gasteiger partial charge in [0.05, 0.1) is 25.0 Å². The monoisotopic (exact) mass is 428 g/mol. The summed E-state index contributed by atoms with van der Waals surface area (Å²) in [6, 6.07) is 3.95. The van der Waals surface area contributed by atoms with E-state index in [-0.39, 0.29) is 11.9 Å². The lowest BCUT2D eigenvalue weighted by Gasteiger charge is -2.20. The average molecular weight is 429 g/mol. The van der Waals surface area contributed by atoms with E-state index in [4.69, 9.17) is 9.47 Å². The first kappa shape index (κ1) is 24.8. The number of carbonyl (C=O) groups excluding carboxylic acids is 2. The van der Waals surface area contributed by atoms with Crippen molar-refractivity contribution in [2.75, 3.05) is 25.7 Å². The van der Waals surface area contributed by atoms with Crippen LogP contribution in [0.3, 0.4) is 0 Å². The summed E-state index contributed by atoms with van der Waals surface area (Å²) in [6.07, 6.45) is 3.35. The van der Waals surface area contributed by atoms with Crippen LogP contribution in [0.15, 0.2) is 22.2 Å². The molecule has 1 aromatic rings. The molecule has 158 valence electrons. The Kier molecular flexibility index (Phi) is 10.3. The fourth-order valence-corrected chi connectivity index (χ4v) is 4.12. The average Bonchev–Trinajstić information content (AvgIpc) is 2.68. The zero-order valence-electron chi connectivity index (χ0n) is 17.7. The van der Waals surface area contributed by atoms with E-state index < -0.39 is 10.8 Å². The van der Waals surface area contributed by atoms with Crippen molar-refractivity contribution in [3.63, 3.8) is 0 Å². The molecule has 1 heterocycles. The molecule has 0 N–H and O–H groups in total. The Morgan fingerprint density at radius 2 is 1.18 bits per heavy atom. The second kappa shape index (κ2) is 11.7. The van der Waals surface area contributed by atoms with E-state index in [1.54, 1.807) is 23.5 Å². The SMILES string of the molecule is COC(=O)C(C)(C)CCCSc1ccc(SCCCC(C)(C)C(=O)OC)nn1. The van der Waals surface area contributed by atoms with Crippen LogP contribution < -0.4 is 0 Å². The van der Waals surface area contributed by atoms with Crippen LogP contribution in [-0.4, -0.2) is 47.9 Å². The third kappa shape index (κ3) is 8.39. The number of thioether (sulfide) groups is 2. The van der Waals surface area contributed by atoms with Crippen molar-refractivity contribution in [2.24, 2.45) is 10.8 Å². The van der Waals surface area contributed by atoms with Gasteiger partial charge in [-0.2, -0.15) is 0 Å². The third-order valence-electron chi connectivity index (χ3n) is 4.48. The van der Waals surface area contributed by atoms with Gasteiger partial charge in [-0.25, -0.2) is 0 Å². The van der Waals surface area contributed by atoms with E-state index >= 15 is 0 Å². The van der Waals surface area contributed by atoms with E-state index in [9.17, 15) is 9.59 Å². The molecule has 1 aromatic heterocycles. The minimum absolute atomic E-state index is 0.173. The quantitative estimate of drug-likeness (QED) is 0.271. The van der Waals surface area contributed by atoms with Gasteiger partial charge in [-0.15, -0.1) is 33.7 Å². The highest BCUT2D eigenvalue weighted by Gasteiger charge is 2.28. The van der Waals surface area contributed by atoms with Gasteiger partial charge in [0, 0.05) is 0 Å². The molecule has 28 heavy (non-hydrogen) atoms. The maximum absolute atomic E-state index is 11.7. The Morgan fingerprint density at radius 1 is 0.821 bits per heavy atom. The number of nitrogens with zero attached hydrogens (tertiary/aromatic N) is 2. The Bertz CT molecular complexity index is 579. The molecule has 0 bridgehead atoms. The van der Waals surface area contributed by atoms with Crippen molar-refractivity contribution < 1.29 is 19.1 Å². The molecule has 0 saturated heterocycles. The molecule has 0 radical (unpaired) electrons. The lowest BCUT2D eigenvalue weighted by molar-refractivity contribution is -0.151. The summed E-state index contributed by atoms with van der Waals surface area (Å²) >= 11 is 3.28. The fraction of sp³-hybridized carbons (Fsp3) is 0.700. The normalized spacial score (nSPS) is 11.9. The van der Waals surface area contributed by atoms with Crippen LogP contribution in [0.25, 0.3) is 0 Å². The second-order valence-corrected chi connectivity index (χ2v) is 10.1. The number of rotatable bonds is 12. The van der Waals surface area contributed by atoms with Crippen molar-refractivity contribution in [3.05, 3.63) is 12.1 Å². The summed E-state index contributed by atoms with van der Waals surface area (Å²) in [6.45, 7) is 7.62. The molecule has 1 rings (SSSR count). The molecule has 0 aromatic carbocycles. The molecule has 0 aliphatic rings. The van der Waals surface area contributed by atoms with Gasteiger partial charge in [-0.1, -0.05) is 0 Å². The summed E-state index contributed by atoms with van der Waals surface area (Å²) in [5.41, 5.74) is -0.909. The van der Waals surface area contributed by atoms with Crippen molar-refractivity contribution in [1.29, 1.82) is 0 Å². The van der Waals surface area contributed by atoms with Gasteiger partial charge < -0.3 is 9.47 Å². The first-order valence-corrected chi connectivity index (χ1v) is 11.4. The van der Waals surface area contributed by atoms with Crippen molar-refractivity contribution in [2.45, 2.75) is 63.4 Å². The van der Waals surface area contributed by atoms with Gasteiger partial charge in [0.1, 0.15) is 10.1 Å². The van der Waals surface area contributed by atoms with Crippen molar-refractivity contribution >= 4 is 35.5 Å². The zero-order chi connectivity index (χ0) is 21.2. The van der Waals surface area contributed by atoms with Crippen molar-refractivity contribution in [3.8, 4) is 0 Å². The number of aromatic nitrogens is 2. The number of ether oxygens (including phenoxy) is 2. The molecule has 0 aliphatic heterocycles. The second-order valence-electron chi connectivity index (χ2n) is 7.86. The zero-order valence-corrected chi connectivity index (χ0v) is 19.4. The smallest absolute Gasteiger partial charge is 0.311 e. The molecule has 0 aliphatic carbocycles. The van der Waals surface area contributed by atoms with E-state index in [0.717, 1.165) is 47.2 Å². The van der Waals surface area contributed by atoms with Gasteiger partial charge in [-0.05, 0) is 77.0 Å². The minimum atomic E-state index is -0.454. The predicted molar refractivity (Wildman–Crippen MR) is 114 cm³/mol. The third-order valence-corrected chi connectivity index (χ3v) is 6.50. The summed E-state index contributed by atoms with van der Waals surface area (Å²) in [7, 11) is 2.85. The molecule has 0 fully saturated rings. The van der Waals surface area contributed by atoms with E-state index in [2.05, 4.69) is 10.2 Å². The highest BCUT2D eigenvalue weighted by molar-refractivity contribution is 7.99. The van der Waals surface area contributed by atoms with Crippen LogP contribution in [0.5, 0.6) is 0 Å². The molecular formula is C20H32N2O4S2. The van der Waals surface area contributed by atoms with Crippen LogP contribution in [-0.2, 0) is 19.1 Å². The first-order chi connectivity index (χ1) is 13.1. The Morgan fingerprint density at radius 3 is 1.46 bits per heavy atom. The molecule has 0 unspecified atom stereocenters. The van der Waals surface area contributed by atoms with Crippen LogP contribution >= 0.6 is 23.5 Å². The molecule has 8 heteroatoms. The largest absolute Gasteiger partial charge is 0.469 e. The lowest BCUT2D eigenvalue weighted by atomic mass is 9.88. The van der Waals surface area contributed by atoms with Crippen molar-refractivity contribution in [1.82, 2.24) is 10.2 Å². The van der Waals surface area contributed by atoms with Crippen LogP contribution in [0.4, 0.5) is 0 Å². The maximum Gasteiger partial charge on any atom is 0.311 e. The van der Waals surface area contributed by atoms with Crippen LogP contribution in [0.1, 0.15) is 53.4 Å². The predicted octanol–water partition coefficient (Wildman–Crippen LogP) is 4.62. The van der Waals surface area contributed by atoms with Crippen LogP contribution in [0.2, 0.25) is 0 Å². The highest BCUT2D eigenvalue weighted by atomic mass is 32.2. The minimum Gasteiger partial charge on any atom is -0.469 e. The van der Waals surface area contributed by atoms with E-state index in [0.29, 0.717) is 0 Å². The number of hydrogen-bond donors (Lipinski definition) is 0. The van der Waals surface area contributed by atoms with Gasteiger partial charge in [0.25, 0.3) is 0 Å². The van der Waals surface area contributed by atoms with E-state index in [1.807, 2.05) is 39.8 Å². The Hall–Kier alpha value is -1.28. The summed E-state index contributed by atoms with van der Waals surface area (Å²) < 4.78 is 9.65. The highest BCUT2D eigenvalue weighted by Crippen LogP contribution is 2.28. The van der Waals surface area contributed by atoms with Gasteiger partial charge in [0.2, 0.25) is 0 Å². The summed E-state index contributed by atoms with van der Waals surface area (Å²) in [5, 5.41) is 10.3. The van der Waals surface area contributed by atoms with Crippen LogP contribution in [0, 0.1) is 10.8 Å².